The highest BCUT2D eigenvalue weighted by Crippen LogP contribution is 2.24. The van der Waals surface area contributed by atoms with E-state index in [0.717, 1.165) is 15.7 Å². The van der Waals surface area contributed by atoms with E-state index in [2.05, 4.69) is 37.7 Å². The van der Waals surface area contributed by atoms with Crippen molar-refractivity contribution in [3.63, 3.8) is 0 Å². The summed E-state index contributed by atoms with van der Waals surface area (Å²) in [6.45, 7) is 0. The fourth-order valence-corrected chi connectivity index (χ4v) is 1.80. The molecule has 9 heteroatoms. The number of hydrogen-bond acceptors (Lipinski definition) is 5. The highest BCUT2D eigenvalue weighted by molar-refractivity contribution is 14.1. The Morgan fingerprint density at radius 3 is 2.50 bits per heavy atom. The normalized spacial score (nSPS) is 14.0. The molecule has 0 saturated heterocycles. The lowest BCUT2D eigenvalue weighted by molar-refractivity contribution is 0.0180. The van der Waals surface area contributed by atoms with Gasteiger partial charge in [-0.3, -0.25) is 0 Å². The number of carbonyl (C=O) groups is 2. The third-order valence-corrected chi connectivity index (χ3v) is 3.08. The second-order valence-corrected chi connectivity index (χ2v) is 4.84. The minimum absolute atomic E-state index is 0.351. The standard InChI is InChI=1S/C11H9IN4O4/c1-20-11(19)15-6-9(13-14-16(15)10(17)18)7-2-4-8(12)5-3-7/h2-6H,1H3,(H,17,18). The van der Waals surface area contributed by atoms with Crippen molar-refractivity contribution >= 4 is 40.5 Å². The summed E-state index contributed by atoms with van der Waals surface area (Å²) in [6, 6.07) is 7.30. The van der Waals surface area contributed by atoms with Crippen molar-refractivity contribution in [3.8, 4) is 0 Å². The van der Waals surface area contributed by atoms with Gasteiger partial charge in [-0.1, -0.05) is 17.3 Å². The maximum atomic E-state index is 11.6. The molecular weight excluding hydrogens is 379 g/mol. The van der Waals surface area contributed by atoms with Crippen LogP contribution in [0, 0.1) is 3.57 Å². The van der Waals surface area contributed by atoms with Gasteiger partial charge in [0.25, 0.3) is 0 Å². The van der Waals surface area contributed by atoms with Gasteiger partial charge in [0, 0.05) is 9.13 Å². The lowest BCUT2D eigenvalue weighted by Crippen LogP contribution is -2.43. The van der Waals surface area contributed by atoms with Crippen molar-refractivity contribution in [2.45, 2.75) is 0 Å². The van der Waals surface area contributed by atoms with Crippen LogP contribution in [0.15, 0.2) is 40.8 Å². The monoisotopic (exact) mass is 388 g/mol. The van der Waals surface area contributed by atoms with E-state index in [-0.39, 0.29) is 0 Å². The highest BCUT2D eigenvalue weighted by atomic mass is 127. The van der Waals surface area contributed by atoms with Crippen molar-refractivity contribution in [3.05, 3.63) is 39.6 Å². The molecule has 0 bridgehead atoms. The zero-order chi connectivity index (χ0) is 14.7. The Hall–Kier alpha value is -2.17. The first-order valence-corrected chi connectivity index (χ1v) is 6.40. The molecule has 0 unspecified atom stereocenters. The number of carboxylic acid groups (broad SMARTS) is 1. The molecule has 0 atom stereocenters. The molecule has 1 aromatic carbocycles. The molecule has 1 heterocycles. The van der Waals surface area contributed by atoms with Crippen LogP contribution in [0.25, 0.3) is 5.70 Å². The van der Waals surface area contributed by atoms with Gasteiger partial charge >= 0.3 is 12.2 Å². The van der Waals surface area contributed by atoms with Crippen LogP contribution in [0.3, 0.4) is 0 Å². The topological polar surface area (TPSA) is 94.8 Å². The van der Waals surface area contributed by atoms with Gasteiger partial charge in [0.05, 0.1) is 13.3 Å². The van der Waals surface area contributed by atoms with Gasteiger partial charge in [0.15, 0.2) is 0 Å². The molecule has 0 aromatic heterocycles. The fraction of sp³-hybridized carbons (Fsp3) is 0.0909. The number of rotatable bonds is 1. The van der Waals surface area contributed by atoms with Crippen LogP contribution < -0.4 is 0 Å². The summed E-state index contributed by atoms with van der Waals surface area (Å²) in [7, 11) is 1.15. The minimum atomic E-state index is -1.45. The van der Waals surface area contributed by atoms with Gasteiger partial charge in [-0.2, -0.15) is 5.01 Å². The fourth-order valence-electron chi connectivity index (χ4n) is 1.44. The van der Waals surface area contributed by atoms with Crippen LogP contribution in [0.2, 0.25) is 0 Å². The quantitative estimate of drug-likeness (QED) is 0.749. The Bertz CT molecular complexity index is 599. The molecule has 0 aliphatic carbocycles. The third-order valence-electron chi connectivity index (χ3n) is 2.36. The Kier molecular flexibility index (Phi) is 4.17. The summed E-state index contributed by atoms with van der Waals surface area (Å²) in [5.41, 5.74) is 1.05. The summed E-state index contributed by atoms with van der Waals surface area (Å²) in [5.74, 6) is 0. The third kappa shape index (κ3) is 2.87. The van der Waals surface area contributed by atoms with Gasteiger partial charge in [-0.15, -0.1) is 5.11 Å². The summed E-state index contributed by atoms with van der Waals surface area (Å²) in [5, 5.41) is 17.3. The molecule has 2 amide bonds. The smallest absolute Gasteiger partial charge is 0.450 e. The Morgan fingerprint density at radius 1 is 1.30 bits per heavy atom. The number of amides is 2. The van der Waals surface area contributed by atoms with Crippen molar-refractivity contribution in [2.24, 2.45) is 10.3 Å². The molecule has 1 aromatic rings. The Balaban J connectivity index is 2.36. The number of nitrogens with zero attached hydrogens (tertiary/aromatic N) is 4. The van der Waals surface area contributed by atoms with Crippen molar-refractivity contribution in [1.29, 1.82) is 0 Å². The molecule has 0 spiro atoms. The summed E-state index contributed by atoms with van der Waals surface area (Å²) in [6.07, 6.45) is -1.08. The highest BCUT2D eigenvalue weighted by Gasteiger charge is 2.29. The van der Waals surface area contributed by atoms with E-state index in [1.54, 1.807) is 12.1 Å². The number of benzene rings is 1. The number of methoxy groups -OCH3 is 1. The average molecular weight is 388 g/mol. The molecule has 0 fully saturated rings. The molecule has 20 heavy (non-hydrogen) atoms. The van der Waals surface area contributed by atoms with E-state index in [1.165, 1.54) is 6.20 Å². The van der Waals surface area contributed by atoms with E-state index >= 15 is 0 Å². The molecular formula is C11H9IN4O4. The first kappa shape index (κ1) is 14.2. The van der Waals surface area contributed by atoms with E-state index < -0.39 is 12.2 Å². The molecule has 1 aliphatic heterocycles. The molecule has 1 N–H and O–H groups in total. The number of hydrazine groups is 1. The molecule has 8 nitrogen and oxygen atoms in total. The second kappa shape index (κ2) is 5.86. The Labute approximate surface area is 127 Å². The zero-order valence-electron chi connectivity index (χ0n) is 10.2. The largest absolute Gasteiger partial charge is 0.462 e. The first-order chi connectivity index (χ1) is 9.52. The second-order valence-electron chi connectivity index (χ2n) is 3.60. The van der Waals surface area contributed by atoms with Crippen LogP contribution in [0.4, 0.5) is 9.59 Å². The molecule has 2 rings (SSSR count). The van der Waals surface area contributed by atoms with Crippen molar-refractivity contribution in [1.82, 2.24) is 10.1 Å². The van der Waals surface area contributed by atoms with Crippen LogP contribution in [-0.2, 0) is 4.74 Å². The van der Waals surface area contributed by atoms with Crippen LogP contribution in [0.1, 0.15) is 5.56 Å². The van der Waals surface area contributed by atoms with Crippen LogP contribution in [0.5, 0.6) is 0 Å². The molecule has 1 aliphatic rings. The van der Waals surface area contributed by atoms with Gasteiger partial charge in [0.1, 0.15) is 5.70 Å². The van der Waals surface area contributed by atoms with Gasteiger partial charge < -0.3 is 9.84 Å². The SMILES string of the molecule is COC(=O)N1C=C(c2ccc(I)cc2)N=NN1C(=O)O. The van der Waals surface area contributed by atoms with E-state index in [0.29, 0.717) is 16.4 Å². The van der Waals surface area contributed by atoms with E-state index in [9.17, 15) is 9.59 Å². The van der Waals surface area contributed by atoms with E-state index in [4.69, 9.17) is 5.11 Å². The number of ether oxygens (including phenoxy) is 1. The lowest BCUT2D eigenvalue weighted by atomic mass is 10.2. The van der Waals surface area contributed by atoms with Crippen LogP contribution in [-0.4, -0.2) is 34.5 Å². The van der Waals surface area contributed by atoms with Crippen molar-refractivity contribution in [2.75, 3.05) is 7.11 Å². The maximum Gasteiger partial charge on any atom is 0.450 e. The van der Waals surface area contributed by atoms with Gasteiger partial charge in [-0.25, -0.2) is 9.59 Å². The number of hydrogen-bond donors (Lipinski definition) is 1. The summed E-state index contributed by atoms with van der Waals surface area (Å²) < 4.78 is 5.55. The first-order valence-electron chi connectivity index (χ1n) is 5.32. The maximum absolute atomic E-state index is 11.6. The molecule has 0 radical (unpaired) electrons. The zero-order valence-corrected chi connectivity index (χ0v) is 12.4. The molecule has 0 saturated carbocycles. The minimum Gasteiger partial charge on any atom is -0.462 e. The summed E-state index contributed by atoms with van der Waals surface area (Å²) >= 11 is 2.16. The van der Waals surface area contributed by atoms with Gasteiger partial charge in [0.2, 0.25) is 0 Å². The molecule has 104 valence electrons. The number of halogens is 1. The predicted octanol–water partition coefficient (Wildman–Crippen LogP) is 2.93. The lowest BCUT2D eigenvalue weighted by Gasteiger charge is -2.25. The van der Waals surface area contributed by atoms with Crippen LogP contribution >= 0.6 is 22.6 Å². The van der Waals surface area contributed by atoms with Crippen molar-refractivity contribution < 1.29 is 19.4 Å². The van der Waals surface area contributed by atoms with E-state index in [1.807, 2.05) is 12.1 Å². The average Bonchev–Trinajstić information content (AvgIpc) is 2.46. The summed E-state index contributed by atoms with van der Waals surface area (Å²) in [4.78, 5) is 22.5. The predicted molar refractivity (Wildman–Crippen MR) is 76.1 cm³/mol. The van der Waals surface area contributed by atoms with Gasteiger partial charge in [-0.05, 0) is 39.9 Å². The number of carbonyl (C=O) groups excluding carboxylic acids is 1. The Morgan fingerprint density at radius 2 is 1.95 bits per heavy atom.